The van der Waals surface area contributed by atoms with Crippen LogP contribution in [0.15, 0.2) is 54.6 Å². The van der Waals surface area contributed by atoms with Crippen LogP contribution in [0.25, 0.3) is 0 Å². The van der Waals surface area contributed by atoms with Gasteiger partial charge in [-0.25, -0.2) is 0 Å². The van der Waals surface area contributed by atoms with Crippen LogP contribution in [0, 0.1) is 0 Å². The minimum absolute atomic E-state index is 0.0852. The van der Waals surface area contributed by atoms with Gasteiger partial charge < -0.3 is 15.4 Å². The average Bonchev–Trinajstić information content (AvgIpc) is 2.49. The Labute approximate surface area is 118 Å². The van der Waals surface area contributed by atoms with Crippen LogP contribution in [0.4, 0.5) is 11.4 Å². The Kier molecular flexibility index (Phi) is 5.00. The first kappa shape index (κ1) is 13.9. The number of anilines is 2. The summed E-state index contributed by atoms with van der Waals surface area (Å²) in [6.07, 6.45) is 0. The third-order valence-corrected chi connectivity index (χ3v) is 2.68. The number of para-hydroxylation sites is 1. The minimum atomic E-state index is -0.0852. The lowest BCUT2D eigenvalue weighted by atomic mass is 10.3. The van der Waals surface area contributed by atoms with Gasteiger partial charge in [0.15, 0.2) is 0 Å². The van der Waals surface area contributed by atoms with E-state index in [0.717, 1.165) is 17.1 Å². The van der Waals surface area contributed by atoms with Gasteiger partial charge in [0.05, 0.1) is 13.2 Å². The number of amides is 1. The SMILES string of the molecule is CCOc1ccc(NC(=O)CNc2ccccc2)cc1. The van der Waals surface area contributed by atoms with Crippen molar-refractivity contribution in [1.82, 2.24) is 0 Å². The van der Waals surface area contributed by atoms with Crippen molar-refractivity contribution in [2.75, 3.05) is 23.8 Å². The maximum absolute atomic E-state index is 11.8. The van der Waals surface area contributed by atoms with Crippen molar-refractivity contribution < 1.29 is 9.53 Å². The van der Waals surface area contributed by atoms with Crippen molar-refractivity contribution in [2.24, 2.45) is 0 Å². The number of carbonyl (C=O) groups excluding carboxylic acids is 1. The molecule has 1 amide bonds. The molecule has 2 aromatic rings. The average molecular weight is 270 g/mol. The van der Waals surface area contributed by atoms with Crippen molar-refractivity contribution >= 4 is 17.3 Å². The van der Waals surface area contributed by atoms with E-state index >= 15 is 0 Å². The van der Waals surface area contributed by atoms with E-state index in [1.165, 1.54) is 0 Å². The number of rotatable bonds is 6. The Hall–Kier alpha value is -2.49. The molecule has 2 N–H and O–H groups in total. The molecule has 0 unspecified atom stereocenters. The Morgan fingerprint density at radius 1 is 1.00 bits per heavy atom. The van der Waals surface area contributed by atoms with Gasteiger partial charge in [0, 0.05) is 11.4 Å². The fourth-order valence-corrected chi connectivity index (χ4v) is 1.74. The molecule has 0 aliphatic carbocycles. The molecule has 4 nitrogen and oxygen atoms in total. The van der Waals surface area contributed by atoms with Gasteiger partial charge in [0.2, 0.25) is 5.91 Å². The molecule has 0 aromatic heterocycles. The lowest BCUT2D eigenvalue weighted by Crippen LogP contribution is -2.21. The van der Waals surface area contributed by atoms with Crippen molar-refractivity contribution in [3.63, 3.8) is 0 Å². The van der Waals surface area contributed by atoms with Crippen molar-refractivity contribution in [1.29, 1.82) is 0 Å². The molecule has 0 aliphatic rings. The van der Waals surface area contributed by atoms with Gasteiger partial charge in [-0.2, -0.15) is 0 Å². The molecule has 4 heteroatoms. The van der Waals surface area contributed by atoms with E-state index in [4.69, 9.17) is 4.74 Å². The molecule has 0 spiro atoms. The first-order valence-electron chi connectivity index (χ1n) is 6.59. The smallest absolute Gasteiger partial charge is 0.243 e. The monoisotopic (exact) mass is 270 g/mol. The molecular weight excluding hydrogens is 252 g/mol. The quantitative estimate of drug-likeness (QED) is 0.848. The van der Waals surface area contributed by atoms with Gasteiger partial charge in [0.25, 0.3) is 0 Å². The second-order valence-corrected chi connectivity index (χ2v) is 4.23. The molecule has 104 valence electrons. The predicted molar refractivity (Wildman–Crippen MR) is 81.2 cm³/mol. The molecule has 0 heterocycles. The number of benzene rings is 2. The van der Waals surface area contributed by atoms with Gasteiger partial charge in [-0.15, -0.1) is 0 Å². The van der Waals surface area contributed by atoms with Gasteiger partial charge in [-0.1, -0.05) is 18.2 Å². The number of nitrogens with one attached hydrogen (secondary N) is 2. The van der Waals surface area contributed by atoms with Crippen LogP contribution in [0.1, 0.15) is 6.92 Å². The van der Waals surface area contributed by atoms with Crippen LogP contribution in [-0.2, 0) is 4.79 Å². The molecule has 0 saturated carbocycles. The minimum Gasteiger partial charge on any atom is -0.494 e. The molecule has 2 aromatic carbocycles. The number of ether oxygens (including phenoxy) is 1. The molecule has 0 aliphatic heterocycles. The summed E-state index contributed by atoms with van der Waals surface area (Å²) in [5.41, 5.74) is 1.68. The molecule has 20 heavy (non-hydrogen) atoms. The first-order valence-corrected chi connectivity index (χ1v) is 6.59. The summed E-state index contributed by atoms with van der Waals surface area (Å²) in [7, 11) is 0. The Morgan fingerprint density at radius 2 is 1.70 bits per heavy atom. The van der Waals surface area contributed by atoms with E-state index in [-0.39, 0.29) is 12.5 Å². The van der Waals surface area contributed by atoms with E-state index < -0.39 is 0 Å². The van der Waals surface area contributed by atoms with Gasteiger partial charge >= 0.3 is 0 Å². The van der Waals surface area contributed by atoms with E-state index in [0.29, 0.717) is 6.61 Å². The summed E-state index contributed by atoms with van der Waals surface area (Å²) in [6, 6.07) is 16.9. The number of hydrogen-bond donors (Lipinski definition) is 2. The zero-order valence-corrected chi connectivity index (χ0v) is 11.4. The Morgan fingerprint density at radius 3 is 2.35 bits per heavy atom. The largest absolute Gasteiger partial charge is 0.494 e. The summed E-state index contributed by atoms with van der Waals surface area (Å²) < 4.78 is 5.35. The molecular formula is C16H18N2O2. The van der Waals surface area contributed by atoms with Crippen LogP contribution in [0.3, 0.4) is 0 Å². The first-order chi connectivity index (χ1) is 9.78. The number of hydrogen-bond acceptors (Lipinski definition) is 3. The number of carbonyl (C=O) groups is 1. The molecule has 0 bridgehead atoms. The van der Waals surface area contributed by atoms with E-state index in [2.05, 4.69) is 10.6 Å². The van der Waals surface area contributed by atoms with Gasteiger partial charge in [-0.3, -0.25) is 4.79 Å². The van der Waals surface area contributed by atoms with Crippen LogP contribution in [-0.4, -0.2) is 19.1 Å². The maximum Gasteiger partial charge on any atom is 0.243 e. The zero-order valence-electron chi connectivity index (χ0n) is 11.4. The summed E-state index contributed by atoms with van der Waals surface area (Å²) in [5, 5.41) is 5.88. The van der Waals surface area contributed by atoms with E-state index in [9.17, 15) is 4.79 Å². The zero-order chi connectivity index (χ0) is 14.2. The fraction of sp³-hybridized carbons (Fsp3) is 0.188. The third-order valence-electron chi connectivity index (χ3n) is 2.68. The molecule has 0 atom stereocenters. The highest BCUT2D eigenvalue weighted by molar-refractivity contribution is 5.93. The highest BCUT2D eigenvalue weighted by Crippen LogP contribution is 2.15. The summed E-state index contributed by atoms with van der Waals surface area (Å²) >= 11 is 0. The third kappa shape index (κ3) is 4.31. The molecule has 0 saturated heterocycles. The van der Waals surface area contributed by atoms with Crippen molar-refractivity contribution in [3.05, 3.63) is 54.6 Å². The molecule has 0 radical (unpaired) electrons. The lowest BCUT2D eigenvalue weighted by Gasteiger charge is -2.08. The second-order valence-electron chi connectivity index (χ2n) is 4.23. The molecule has 2 rings (SSSR count). The van der Waals surface area contributed by atoms with E-state index in [1.54, 1.807) is 0 Å². The summed E-state index contributed by atoms with van der Waals surface area (Å²) in [4.78, 5) is 11.8. The highest BCUT2D eigenvalue weighted by Gasteiger charge is 2.02. The maximum atomic E-state index is 11.8. The topological polar surface area (TPSA) is 50.4 Å². The van der Waals surface area contributed by atoms with E-state index in [1.807, 2.05) is 61.5 Å². The van der Waals surface area contributed by atoms with Crippen molar-refractivity contribution in [3.8, 4) is 5.75 Å². The van der Waals surface area contributed by atoms with Crippen molar-refractivity contribution in [2.45, 2.75) is 6.92 Å². The van der Waals surface area contributed by atoms with Gasteiger partial charge in [0.1, 0.15) is 5.75 Å². The van der Waals surface area contributed by atoms with Gasteiger partial charge in [-0.05, 0) is 43.3 Å². The van der Waals surface area contributed by atoms with Crippen LogP contribution in [0.5, 0.6) is 5.75 Å². The summed E-state index contributed by atoms with van der Waals surface area (Å²) in [6.45, 7) is 2.80. The van der Waals surface area contributed by atoms with Crippen LogP contribution < -0.4 is 15.4 Å². The lowest BCUT2D eigenvalue weighted by molar-refractivity contribution is -0.114. The molecule has 0 fully saturated rings. The fourth-order valence-electron chi connectivity index (χ4n) is 1.74. The Bertz CT molecular complexity index is 538. The van der Waals surface area contributed by atoms with Crippen LogP contribution in [0.2, 0.25) is 0 Å². The summed E-state index contributed by atoms with van der Waals surface area (Å²) in [5.74, 6) is 0.714. The predicted octanol–water partition coefficient (Wildman–Crippen LogP) is 3.14. The van der Waals surface area contributed by atoms with Crippen LogP contribution >= 0.6 is 0 Å². The standard InChI is InChI=1S/C16H18N2O2/c1-2-20-15-10-8-14(9-11-15)18-16(19)12-17-13-6-4-3-5-7-13/h3-11,17H,2,12H2,1H3,(H,18,19). The normalized spacial score (nSPS) is 9.85. The Balaban J connectivity index is 1.82. The second kappa shape index (κ2) is 7.19. The highest BCUT2D eigenvalue weighted by atomic mass is 16.5.